The summed E-state index contributed by atoms with van der Waals surface area (Å²) in [6.45, 7) is 0. The van der Waals surface area contributed by atoms with Crippen molar-refractivity contribution in [2.24, 2.45) is 5.73 Å². The number of terminal acetylenes is 1. The van der Waals surface area contributed by atoms with Gasteiger partial charge in [-0.25, -0.2) is 0 Å². The maximum absolute atomic E-state index is 4.38. The summed E-state index contributed by atoms with van der Waals surface area (Å²) in [6, 6.07) is 18.5. The predicted molar refractivity (Wildman–Crippen MR) is 57.0 cm³/mol. The molecule has 2 aromatic carbocycles. The summed E-state index contributed by atoms with van der Waals surface area (Å²) in [6.07, 6.45) is 4.38. The van der Waals surface area contributed by atoms with E-state index in [1.54, 1.807) is 6.04 Å². The lowest BCUT2D eigenvalue weighted by Crippen LogP contribution is -1.69. The molecule has 0 radical (unpaired) electrons. The molecule has 0 aromatic heterocycles. The fraction of sp³-hybridized carbons (Fsp3) is 0. The average molecular weight is 169 g/mol. The van der Waals surface area contributed by atoms with Crippen LogP contribution in [0.1, 0.15) is 0 Å². The van der Waals surface area contributed by atoms with Crippen LogP contribution in [-0.2, 0) is 0 Å². The molecule has 0 aliphatic rings. The summed E-state index contributed by atoms with van der Waals surface area (Å²) in [4.78, 5) is 0. The fourth-order valence-electron chi connectivity index (χ4n) is 1.13. The van der Waals surface area contributed by atoms with Crippen LogP contribution in [0, 0.1) is 12.5 Å². The van der Waals surface area contributed by atoms with Crippen molar-refractivity contribution in [3.05, 3.63) is 48.5 Å². The molecular formula is C12H11N. The third-order valence-corrected chi connectivity index (χ3v) is 1.66. The SMILES string of the molecule is C#CN.c1ccc2ccccc2c1. The first-order chi connectivity index (χ1) is 6.38. The zero-order valence-electron chi connectivity index (χ0n) is 7.27. The molecule has 0 atom stereocenters. The topological polar surface area (TPSA) is 26.0 Å². The van der Waals surface area contributed by atoms with Crippen LogP contribution in [0.15, 0.2) is 48.5 Å². The van der Waals surface area contributed by atoms with Gasteiger partial charge in [0.05, 0.1) is 0 Å². The molecular weight excluding hydrogens is 158 g/mol. The van der Waals surface area contributed by atoms with E-state index in [9.17, 15) is 0 Å². The Labute approximate surface area is 78.2 Å². The molecule has 0 unspecified atom stereocenters. The van der Waals surface area contributed by atoms with E-state index in [1.165, 1.54) is 10.8 Å². The Morgan fingerprint density at radius 3 is 1.31 bits per heavy atom. The van der Waals surface area contributed by atoms with Crippen LogP contribution in [0.5, 0.6) is 0 Å². The first-order valence-corrected chi connectivity index (χ1v) is 3.98. The van der Waals surface area contributed by atoms with E-state index in [0.29, 0.717) is 0 Å². The van der Waals surface area contributed by atoms with E-state index >= 15 is 0 Å². The molecule has 0 heterocycles. The van der Waals surface area contributed by atoms with Crippen LogP contribution in [0.4, 0.5) is 0 Å². The Hall–Kier alpha value is -1.94. The third kappa shape index (κ3) is 2.53. The second-order valence-corrected chi connectivity index (χ2v) is 2.51. The second kappa shape index (κ2) is 4.84. The van der Waals surface area contributed by atoms with Gasteiger partial charge in [0.2, 0.25) is 0 Å². The number of rotatable bonds is 0. The molecule has 2 rings (SSSR count). The largest absolute Gasteiger partial charge is 0.360 e. The Balaban J connectivity index is 0.000000251. The molecule has 0 aliphatic heterocycles. The van der Waals surface area contributed by atoms with Gasteiger partial charge >= 0.3 is 0 Å². The highest BCUT2D eigenvalue weighted by Gasteiger charge is 1.85. The maximum Gasteiger partial charge on any atom is -0.00200 e. The van der Waals surface area contributed by atoms with Crippen molar-refractivity contribution in [1.29, 1.82) is 0 Å². The van der Waals surface area contributed by atoms with E-state index in [0.717, 1.165) is 0 Å². The van der Waals surface area contributed by atoms with Gasteiger partial charge in [0, 0.05) is 0 Å². The highest BCUT2D eigenvalue weighted by atomic mass is 14.4. The van der Waals surface area contributed by atoms with Crippen molar-refractivity contribution >= 4 is 10.8 Å². The summed E-state index contributed by atoms with van der Waals surface area (Å²) >= 11 is 0. The lowest BCUT2D eigenvalue weighted by atomic mass is 10.1. The zero-order valence-corrected chi connectivity index (χ0v) is 7.27. The van der Waals surface area contributed by atoms with Gasteiger partial charge in [-0.05, 0) is 16.8 Å². The minimum absolute atomic E-state index is 1.31. The third-order valence-electron chi connectivity index (χ3n) is 1.66. The van der Waals surface area contributed by atoms with E-state index in [1.807, 2.05) is 0 Å². The average Bonchev–Trinajstić information content (AvgIpc) is 2.19. The molecule has 0 aliphatic carbocycles. The van der Waals surface area contributed by atoms with Crippen molar-refractivity contribution in [1.82, 2.24) is 0 Å². The van der Waals surface area contributed by atoms with Crippen molar-refractivity contribution in [2.75, 3.05) is 0 Å². The molecule has 1 nitrogen and oxygen atoms in total. The molecule has 2 aromatic rings. The van der Waals surface area contributed by atoms with Crippen LogP contribution in [0.2, 0.25) is 0 Å². The molecule has 0 fully saturated rings. The number of hydrogen-bond acceptors (Lipinski definition) is 1. The highest BCUT2D eigenvalue weighted by Crippen LogP contribution is 2.11. The summed E-state index contributed by atoms with van der Waals surface area (Å²) in [5, 5.41) is 2.62. The molecule has 64 valence electrons. The van der Waals surface area contributed by atoms with E-state index in [-0.39, 0.29) is 0 Å². The lowest BCUT2D eigenvalue weighted by Gasteiger charge is -1.92. The Morgan fingerprint density at radius 1 is 0.846 bits per heavy atom. The second-order valence-electron chi connectivity index (χ2n) is 2.51. The van der Waals surface area contributed by atoms with Crippen LogP contribution in [0.3, 0.4) is 0 Å². The maximum atomic E-state index is 4.38. The molecule has 0 spiro atoms. The van der Waals surface area contributed by atoms with Gasteiger partial charge in [0.15, 0.2) is 0 Å². The highest BCUT2D eigenvalue weighted by molar-refractivity contribution is 5.81. The lowest BCUT2D eigenvalue weighted by molar-refractivity contribution is 1.75. The van der Waals surface area contributed by atoms with Gasteiger partial charge in [-0.2, -0.15) is 0 Å². The smallest absolute Gasteiger partial charge is 0.00200 e. The predicted octanol–water partition coefficient (Wildman–Crippen LogP) is 2.38. The van der Waals surface area contributed by atoms with Crippen LogP contribution in [0.25, 0.3) is 10.8 Å². The first-order valence-electron chi connectivity index (χ1n) is 3.98. The molecule has 0 saturated heterocycles. The zero-order chi connectivity index (χ0) is 9.52. The van der Waals surface area contributed by atoms with Crippen LogP contribution < -0.4 is 5.73 Å². The Kier molecular flexibility index (Phi) is 3.41. The number of fused-ring (bicyclic) bond motifs is 1. The molecule has 0 bridgehead atoms. The van der Waals surface area contributed by atoms with Gasteiger partial charge in [-0.15, -0.1) is 0 Å². The van der Waals surface area contributed by atoms with Gasteiger partial charge in [-0.3, -0.25) is 0 Å². The number of hydrogen-bond donors (Lipinski definition) is 1. The molecule has 1 heteroatoms. The standard InChI is InChI=1S/C10H8.C2H3N/c1-2-6-10-8-4-3-7-9(10)5-1;1-2-3/h1-8H;1H,3H2. The van der Waals surface area contributed by atoms with Crippen molar-refractivity contribution in [2.45, 2.75) is 0 Å². The molecule has 0 amide bonds. The Morgan fingerprint density at radius 2 is 1.08 bits per heavy atom. The fourth-order valence-corrected chi connectivity index (χ4v) is 1.13. The minimum atomic E-state index is 1.31. The van der Waals surface area contributed by atoms with Crippen molar-refractivity contribution in [3.8, 4) is 12.5 Å². The first kappa shape index (κ1) is 9.15. The molecule has 2 N–H and O–H groups in total. The summed E-state index contributed by atoms with van der Waals surface area (Å²) in [7, 11) is 0. The van der Waals surface area contributed by atoms with Gasteiger partial charge in [-0.1, -0.05) is 55.0 Å². The van der Waals surface area contributed by atoms with Gasteiger partial charge in [0.1, 0.15) is 0 Å². The summed E-state index contributed by atoms with van der Waals surface area (Å²) < 4.78 is 0. The number of nitrogens with two attached hydrogens (primary N) is 1. The van der Waals surface area contributed by atoms with E-state index < -0.39 is 0 Å². The van der Waals surface area contributed by atoms with E-state index in [4.69, 9.17) is 0 Å². The van der Waals surface area contributed by atoms with Crippen LogP contribution >= 0.6 is 0 Å². The number of benzene rings is 2. The van der Waals surface area contributed by atoms with Crippen molar-refractivity contribution < 1.29 is 0 Å². The molecule has 0 saturated carbocycles. The van der Waals surface area contributed by atoms with Crippen LogP contribution in [-0.4, -0.2) is 0 Å². The summed E-state index contributed by atoms with van der Waals surface area (Å²) in [5.74, 6) is 0. The van der Waals surface area contributed by atoms with E-state index in [2.05, 4.69) is 60.7 Å². The Bertz CT molecular complexity index is 347. The van der Waals surface area contributed by atoms with Gasteiger partial charge < -0.3 is 5.73 Å². The van der Waals surface area contributed by atoms with Crippen molar-refractivity contribution in [3.63, 3.8) is 0 Å². The quantitative estimate of drug-likeness (QED) is 0.475. The molecule has 13 heavy (non-hydrogen) atoms. The summed E-state index contributed by atoms with van der Waals surface area (Å²) in [5.41, 5.74) is 4.38. The minimum Gasteiger partial charge on any atom is -0.360 e. The van der Waals surface area contributed by atoms with Gasteiger partial charge in [0.25, 0.3) is 0 Å². The normalized spacial score (nSPS) is 8.23. The monoisotopic (exact) mass is 169 g/mol.